The van der Waals surface area contributed by atoms with Crippen LogP contribution in [0.4, 0.5) is 0 Å². The average molecular weight is 843 g/mol. The number of hydrogen-bond donors (Lipinski definition) is 0. The summed E-state index contributed by atoms with van der Waals surface area (Å²) < 4.78 is 13.5. The van der Waals surface area contributed by atoms with E-state index in [0.717, 1.165) is 88.2 Å². The molecule has 18 aliphatic rings. The zero-order valence-corrected chi connectivity index (χ0v) is 36.4. The van der Waals surface area contributed by atoms with Crippen molar-refractivity contribution in [2.24, 2.45) is 28.6 Å². The Morgan fingerprint density at radius 3 is 2.14 bits per heavy atom. The molecule has 23 rings (SSSR count). The number of esters is 2. The van der Waals surface area contributed by atoms with Gasteiger partial charge in [-0.2, -0.15) is 0 Å². The van der Waals surface area contributed by atoms with Gasteiger partial charge in [-0.15, -0.1) is 0 Å². The second-order valence-corrected chi connectivity index (χ2v) is 23.4. The van der Waals surface area contributed by atoms with Gasteiger partial charge in [0.25, 0.3) is 0 Å². The van der Waals surface area contributed by atoms with Crippen LogP contribution < -0.4 is 0 Å². The van der Waals surface area contributed by atoms with Gasteiger partial charge in [0.1, 0.15) is 13.2 Å². The summed E-state index contributed by atoms with van der Waals surface area (Å²) in [6, 6.07) is 20.2. The van der Waals surface area contributed by atoms with Crippen molar-refractivity contribution < 1.29 is 19.1 Å². The van der Waals surface area contributed by atoms with Gasteiger partial charge in [-0.05, 0) is 200 Å². The van der Waals surface area contributed by atoms with E-state index in [0.29, 0.717) is 11.8 Å². The molecule has 9 unspecified atom stereocenters. The molecule has 5 spiro atoms. The van der Waals surface area contributed by atoms with E-state index in [1.54, 1.807) is 66.4 Å². The molecule has 6 aliphatic heterocycles. The number of aryl methyl sites for hydroxylation is 3. The fourth-order valence-electron chi connectivity index (χ4n) is 19.9. The van der Waals surface area contributed by atoms with Crippen LogP contribution >= 0.6 is 0 Å². The summed E-state index contributed by atoms with van der Waals surface area (Å²) >= 11 is 0. The lowest BCUT2D eigenvalue weighted by molar-refractivity contribution is -0.169. The highest BCUT2D eigenvalue weighted by atomic mass is 16.6. The van der Waals surface area contributed by atoms with Gasteiger partial charge in [0, 0.05) is 27.6 Å². The van der Waals surface area contributed by atoms with Crippen LogP contribution in [0.3, 0.4) is 0 Å². The van der Waals surface area contributed by atoms with E-state index in [1.165, 1.54) is 44.2 Å². The van der Waals surface area contributed by atoms with Crippen LogP contribution in [0.2, 0.25) is 0 Å². The maximum absolute atomic E-state index is 16.3. The Morgan fingerprint density at radius 2 is 1.35 bits per heavy atom. The van der Waals surface area contributed by atoms with Crippen LogP contribution in [0, 0.1) is 28.6 Å². The minimum absolute atomic E-state index is 0.0216. The molecule has 5 aromatic carbocycles. The molecule has 1 saturated carbocycles. The van der Waals surface area contributed by atoms with Gasteiger partial charge in [-0.25, -0.2) is 0 Å². The molecule has 314 valence electrons. The lowest BCUT2D eigenvalue weighted by Gasteiger charge is -2.54. The normalized spacial score (nSPS) is 38.1. The predicted molar refractivity (Wildman–Crippen MR) is 248 cm³/mol. The second-order valence-electron chi connectivity index (χ2n) is 23.4. The number of allylic oxidation sites excluding steroid dienone is 9. The summed E-state index contributed by atoms with van der Waals surface area (Å²) in [7, 11) is 0. The molecule has 0 saturated heterocycles. The number of carbonyl (C=O) groups excluding carboxylic acids is 2. The van der Waals surface area contributed by atoms with Crippen molar-refractivity contribution in [2.75, 3.05) is 0 Å². The fourth-order valence-corrected chi connectivity index (χ4v) is 19.9. The monoisotopic (exact) mass is 842 g/mol. The third-order valence-electron chi connectivity index (χ3n) is 21.7. The molecule has 17 bridgehead atoms. The lowest BCUT2D eigenvalue weighted by atomic mass is 9.48. The first kappa shape index (κ1) is 33.7. The number of fused-ring (bicyclic) bond motifs is 6. The molecule has 12 aliphatic carbocycles. The molecule has 4 heteroatoms. The Hall–Kier alpha value is -5.74. The Bertz CT molecular complexity index is 3570. The van der Waals surface area contributed by atoms with Crippen LogP contribution in [-0.4, -0.2) is 11.9 Å². The van der Waals surface area contributed by atoms with Gasteiger partial charge >= 0.3 is 11.9 Å². The van der Waals surface area contributed by atoms with Crippen molar-refractivity contribution in [2.45, 2.75) is 112 Å². The minimum atomic E-state index is -1.57. The van der Waals surface area contributed by atoms with Crippen LogP contribution in [-0.2, 0) is 74.2 Å². The molecule has 0 N–H and O–H groups in total. The molecule has 4 nitrogen and oxygen atoms in total. The molecular formula is C61H46O4. The maximum Gasteiger partial charge on any atom is 0.326 e. The van der Waals surface area contributed by atoms with E-state index >= 15 is 9.59 Å². The molecule has 1 fully saturated rings. The van der Waals surface area contributed by atoms with Crippen LogP contribution in [0.5, 0.6) is 0 Å². The average Bonchev–Trinajstić information content (AvgIpc) is 3.73. The molecule has 6 heterocycles. The third-order valence-corrected chi connectivity index (χ3v) is 21.7. The first-order valence-electron chi connectivity index (χ1n) is 25.1. The molecule has 9 atom stereocenters. The van der Waals surface area contributed by atoms with Gasteiger partial charge in [-0.3, -0.25) is 9.59 Å². The summed E-state index contributed by atoms with van der Waals surface area (Å²) in [4.78, 5) is 32.5. The summed E-state index contributed by atoms with van der Waals surface area (Å²) in [6.45, 7) is 0.265. The van der Waals surface area contributed by atoms with Crippen LogP contribution in [0.25, 0.3) is 32.7 Å². The van der Waals surface area contributed by atoms with Gasteiger partial charge in [-0.1, -0.05) is 102 Å². The number of hydrogen-bond acceptors (Lipinski definition) is 4. The molecule has 0 radical (unpaired) electrons. The Kier molecular flexibility index (Phi) is 5.18. The molecule has 65 heavy (non-hydrogen) atoms. The van der Waals surface area contributed by atoms with Crippen molar-refractivity contribution in [3.63, 3.8) is 0 Å². The fraction of sp³-hybridized carbons (Fsp3) is 0.377. The van der Waals surface area contributed by atoms with E-state index in [4.69, 9.17) is 9.47 Å². The van der Waals surface area contributed by atoms with Crippen LogP contribution in [0.15, 0.2) is 102 Å². The number of carbonyl (C=O) groups is 2. The molecule has 5 aromatic rings. The van der Waals surface area contributed by atoms with E-state index < -0.39 is 28.2 Å². The SMILES string of the molecule is O=C1OCc2ccc(cc2)CCC2=CCC34Cc5cc6c7c8c5c3c3c5c9c%10c%11c(c58)C7=C(CC6)C5CC=C6CCc7ccc(cc7)COC(=O)C17C1(C=CC(C4C2)C3C917)C=C%10CC%115C6. The summed E-state index contributed by atoms with van der Waals surface area (Å²) in [5.41, 5.74) is 23.1. The Balaban J connectivity index is 1.02. The largest absolute Gasteiger partial charge is 0.460 e. The van der Waals surface area contributed by atoms with Crippen molar-refractivity contribution in [3.05, 3.63) is 174 Å². The van der Waals surface area contributed by atoms with Gasteiger partial charge in [0.15, 0.2) is 5.41 Å². The van der Waals surface area contributed by atoms with Gasteiger partial charge in [0.05, 0.1) is 0 Å². The first-order chi connectivity index (χ1) is 31.9. The van der Waals surface area contributed by atoms with Gasteiger partial charge < -0.3 is 9.47 Å². The topological polar surface area (TPSA) is 52.6 Å². The highest BCUT2D eigenvalue weighted by molar-refractivity contribution is 6.32. The highest BCUT2D eigenvalue weighted by Crippen LogP contribution is 2.95. The van der Waals surface area contributed by atoms with Crippen molar-refractivity contribution in [3.8, 4) is 0 Å². The first-order valence-corrected chi connectivity index (χ1v) is 25.1. The lowest BCUT2D eigenvalue weighted by Crippen LogP contribution is -2.50. The number of rotatable bonds is 0. The maximum atomic E-state index is 16.3. The summed E-state index contributed by atoms with van der Waals surface area (Å²) in [6.07, 6.45) is 25.7. The highest BCUT2D eigenvalue weighted by Gasteiger charge is 3.00. The zero-order chi connectivity index (χ0) is 41.9. The zero-order valence-electron chi connectivity index (χ0n) is 36.4. The second kappa shape index (κ2) is 9.99. The molecule has 0 aromatic heterocycles. The number of ether oxygens (including phenoxy) is 2. The quantitative estimate of drug-likeness (QED) is 0.0662. The van der Waals surface area contributed by atoms with E-state index in [1.807, 2.05) is 0 Å². The summed E-state index contributed by atoms with van der Waals surface area (Å²) in [5.74, 6) is 0.192. The molecular weight excluding hydrogens is 797 g/mol. The van der Waals surface area contributed by atoms with Crippen molar-refractivity contribution in [1.82, 2.24) is 0 Å². The van der Waals surface area contributed by atoms with Crippen molar-refractivity contribution in [1.29, 1.82) is 0 Å². The third kappa shape index (κ3) is 3.07. The van der Waals surface area contributed by atoms with Crippen LogP contribution in [0.1, 0.15) is 130 Å². The smallest absolute Gasteiger partial charge is 0.326 e. The van der Waals surface area contributed by atoms with Gasteiger partial charge in [0.2, 0.25) is 0 Å². The minimum Gasteiger partial charge on any atom is -0.460 e. The Morgan fingerprint density at radius 1 is 0.615 bits per heavy atom. The van der Waals surface area contributed by atoms with E-state index in [9.17, 15) is 0 Å². The number of benzene rings is 5. The summed E-state index contributed by atoms with van der Waals surface area (Å²) in [5, 5.41) is 6.10. The van der Waals surface area contributed by atoms with Crippen molar-refractivity contribution >= 4 is 44.6 Å². The standard InChI is InChI=1S/C61H46O4/c62-55-61-56(63)65-28-34-11-5-30(6-12-34)2-8-32-13-16-40-38-15-14-35-22-36-24-57-19-17-31(7-1-29-3-9-33(10-4-29)27-64-55)21-41(57)39-18-20-59(61)26-37-25-58(40,23-32)53-44(37)54-49-47-46(42(35)45(38)48(47)53)43(36)52(57)50(49)51(39)60(54,59)61/h3-6,9-13,17-18,20,22,26,39-41,51H,1-2,7-8,14-16,19,21,23-25,27-28H2. The predicted octanol–water partition coefficient (Wildman–Crippen LogP) is 11.5. The molecule has 0 amide bonds. The van der Waals surface area contributed by atoms with E-state index in [-0.39, 0.29) is 35.9 Å². The Labute approximate surface area is 377 Å². The van der Waals surface area contributed by atoms with E-state index in [2.05, 4.69) is 85.0 Å².